The second-order valence-electron chi connectivity index (χ2n) is 3.25. The molecule has 66 valence electrons. The number of nitrogens with zero attached hydrogens (tertiary/aromatic N) is 2. The summed E-state index contributed by atoms with van der Waals surface area (Å²) in [5.41, 5.74) is 0. The van der Waals surface area contributed by atoms with Crippen molar-refractivity contribution in [3.05, 3.63) is 11.9 Å². The lowest BCUT2D eigenvalue weighted by atomic mass is 10.3. The third-order valence-corrected chi connectivity index (χ3v) is 1.85. The summed E-state index contributed by atoms with van der Waals surface area (Å²) in [5, 5.41) is 0. The SMILES string of the molecule is CC=C(N(C)C)N(C)C(C)C. The molecule has 2 heteroatoms. The predicted molar refractivity (Wildman–Crippen MR) is 50.3 cm³/mol. The number of hydrogen-bond acceptors (Lipinski definition) is 2. The summed E-state index contributed by atoms with van der Waals surface area (Å²) >= 11 is 0. The molecule has 0 atom stereocenters. The minimum Gasteiger partial charge on any atom is -0.365 e. The van der Waals surface area contributed by atoms with Crippen LogP contribution >= 0.6 is 0 Å². The van der Waals surface area contributed by atoms with E-state index in [0.717, 1.165) is 0 Å². The van der Waals surface area contributed by atoms with Crippen molar-refractivity contribution < 1.29 is 0 Å². The quantitative estimate of drug-likeness (QED) is 0.614. The minimum atomic E-state index is 0.559. The largest absolute Gasteiger partial charge is 0.365 e. The van der Waals surface area contributed by atoms with Crippen LogP contribution in [0.1, 0.15) is 20.8 Å². The fourth-order valence-corrected chi connectivity index (χ4v) is 1.04. The molecule has 2 nitrogen and oxygen atoms in total. The summed E-state index contributed by atoms with van der Waals surface area (Å²) in [5.74, 6) is 1.26. The molecule has 0 aromatic carbocycles. The molecule has 0 aromatic rings. The maximum absolute atomic E-state index is 2.25. The molecule has 0 bridgehead atoms. The highest BCUT2D eigenvalue weighted by molar-refractivity contribution is 4.96. The third kappa shape index (κ3) is 2.83. The lowest BCUT2D eigenvalue weighted by Crippen LogP contribution is -2.32. The van der Waals surface area contributed by atoms with Crippen LogP contribution in [0, 0.1) is 0 Å². The molecule has 0 aliphatic rings. The fourth-order valence-electron chi connectivity index (χ4n) is 1.04. The first kappa shape index (κ1) is 10.3. The Hall–Kier alpha value is -0.660. The van der Waals surface area contributed by atoms with E-state index in [2.05, 4.69) is 57.8 Å². The first-order valence-electron chi connectivity index (χ1n) is 4.07. The number of rotatable bonds is 3. The summed E-state index contributed by atoms with van der Waals surface area (Å²) < 4.78 is 0. The zero-order valence-electron chi connectivity index (χ0n) is 8.55. The molecule has 0 rings (SSSR count). The van der Waals surface area contributed by atoms with Gasteiger partial charge in [-0.1, -0.05) is 0 Å². The van der Waals surface area contributed by atoms with Crippen molar-refractivity contribution in [2.24, 2.45) is 0 Å². The molecule has 0 aliphatic heterocycles. The van der Waals surface area contributed by atoms with Crippen LogP contribution in [-0.4, -0.2) is 37.0 Å². The van der Waals surface area contributed by atoms with Crippen LogP contribution in [0.15, 0.2) is 11.9 Å². The van der Waals surface area contributed by atoms with E-state index >= 15 is 0 Å². The molecule has 0 N–H and O–H groups in total. The zero-order chi connectivity index (χ0) is 9.02. The van der Waals surface area contributed by atoms with Crippen molar-refractivity contribution in [1.82, 2.24) is 9.80 Å². The second-order valence-corrected chi connectivity index (χ2v) is 3.25. The molecule has 0 aromatic heterocycles. The van der Waals surface area contributed by atoms with Gasteiger partial charge in [0.1, 0.15) is 0 Å². The van der Waals surface area contributed by atoms with Gasteiger partial charge in [-0.15, -0.1) is 0 Å². The van der Waals surface area contributed by atoms with Crippen molar-refractivity contribution in [1.29, 1.82) is 0 Å². The van der Waals surface area contributed by atoms with Crippen LogP contribution < -0.4 is 0 Å². The molecule has 0 saturated heterocycles. The number of hydrogen-bond donors (Lipinski definition) is 0. The Morgan fingerprint density at radius 2 is 1.64 bits per heavy atom. The van der Waals surface area contributed by atoms with E-state index in [0.29, 0.717) is 6.04 Å². The molecule has 0 fully saturated rings. The Bertz CT molecular complexity index is 136. The predicted octanol–water partition coefficient (Wildman–Crippen LogP) is 1.75. The van der Waals surface area contributed by atoms with Crippen molar-refractivity contribution in [2.75, 3.05) is 21.1 Å². The van der Waals surface area contributed by atoms with Gasteiger partial charge in [-0.2, -0.15) is 0 Å². The standard InChI is InChI=1S/C9H20N2/c1-7-9(10(4)5)11(6)8(2)3/h7-8H,1-6H3. The minimum absolute atomic E-state index is 0.559. The summed E-state index contributed by atoms with van der Waals surface area (Å²) in [7, 11) is 6.24. The van der Waals surface area contributed by atoms with Gasteiger partial charge < -0.3 is 9.80 Å². The van der Waals surface area contributed by atoms with E-state index in [4.69, 9.17) is 0 Å². The Kier molecular flexibility index (Phi) is 4.01. The van der Waals surface area contributed by atoms with E-state index in [-0.39, 0.29) is 0 Å². The molecule has 0 aliphatic carbocycles. The molecule has 0 saturated carbocycles. The maximum atomic E-state index is 2.25. The summed E-state index contributed by atoms with van der Waals surface area (Å²) in [4.78, 5) is 4.38. The Morgan fingerprint density at radius 1 is 1.18 bits per heavy atom. The molecule has 0 heterocycles. The molecule has 0 unspecified atom stereocenters. The van der Waals surface area contributed by atoms with Gasteiger partial charge in [0.2, 0.25) is 0 Å². The van der Waals surface area contributed by atoms with Crippen LogP contribution in [0.4, 0.5) is 0 Å². The van der Waals surface area contributed by atoms with E-state index in [1.165, 1.54) is 5.82 Å². The lowest BCUT2D eigenvalue weighted by Gasteiger charge is -2.31. The Morgan fingerprint density at radius 3 is 1.73 bits per heavy atom. The smallest absolute Gasteiger partial charge is 0.0989 e. The topological polar surface area (TPSA) is 6.48 Å². The number of allylic oxidation sites excluding steroid dienone is 1. The highest BCUT2D eigenvalue weighted by Crippen LogP contribution is 2.07. The lowest BCUT2D eigenvalue weighted by molar-refractivity contribution is 0.256. The van der Waals surface area contributed by atoms with E-state index in [1.54, 1.807) is 0 Å². The van der Waals surface area contributed by atoms with Crippen molar-refractivity contribution >= 4 is 0 Å². The van der Waals surface area contributed by atoms with Gasteiger partial charge in [0.25, 0.3) is 0 Å². The van der Waals surface area contributed by atoms with Crippen molar-refractivity contribution in [3.63, 3.8) is 0 Å². The summed E-state index contributed by atoms with van der Waals surface area (Å²) in [6.45, 7) is 6.44. The van der Waals surface area contributed by atoms with E-state index in [9.17, 15) is 0 Å². The van der Waals surface area contributed by atoms with Gasteiger partial charge in [-0.3, -0.25) is 0 Å². The fraction of sp³-hybridized carbons (Fsp3) is 0.778. The molecule has 11 heavy (non-hydrogen) atoms. The van der Waals surface area contributed by atoms with Crippen molar-refractivity contribution in [2.45, 2.75) is 26.8 Å². The van der Waals surface area contributed by atoms with Crippen LogP contribution in [0.3, 0.4) is 0 Å². The van der Waals surface area contributed by atoms with Gasteiger partial charge in [-0.05, 0) is 26.8 Å². The first-order chi connectivity index (χ1) is 5.00. The summed E-state index contributed by atoms with van der Waals surface area (Å²) in [6.07, 6.45) is 2.12. The molecule has 0 radical (unpaired) electrons. The Balaban J connectivity index is 4.28. The van der Waals surface area contributed by atoms with Crippen LogP contribution in [0.5, 0.6) is 0 Å². The first-order valence-corrected chi connectivity index (χ1v) is 4.07. The average Bonchev–Trinajstić information content (AvgIpc) is 1.88. The molecule has 0 amide bonds. The molecular weight excluding hydrogens is 136 g/mol. The average molecular weight is 156 g/mol. The summed E-state index contributed by atoms with van der Waals surface area (Å²) in [6, 6.07) is 0.559. The molecular formula is C9H20N2. The third-order valence-electron chi connectivity index (χ3n) is 1.85. The van der Waals surface area contributed by atoms with Gasteiger partial charge >= 0.3 is 0 Å². The highest BCUT2D eigenvalue weighted by Gasteiger charge is 2.07. The van der Waals surface area contributed by atoms with Crippen LogP contribution in [0.25, 0.3) is 0 Å². The Labute approximate surface area is 70.5 Å². The van der Waals surface area contributed by atoms with Crippen LogP contribution in [-0.2, 0) is 0 Å². The highest BCUT2D eigenvalue weighted by atomic mass is 15.3. The maximum Gasteiger partial charge on any atom is 0.0989 e. The zero-order valence-corrected chi connectivity index (χ0v) is 8.55. The second kappa shape index (κ2) is 4.27. The van der Waals surface area contributed by atoms with Gasteiger partial charge in [0.05, 0.1) is 5.82 Å². The van der Waals surface area contributed by atoms with Crippen molar-refractivity contribution in [3.8, 4) is 0 Å². The van der Waals surface area contributed by atoms with E-state index in [1.807, 2.05) is 0 Å². The molecule has 0 spiro atoms. The monoisotopic (exact) mass is 156 g/mol. The van der Waals surface area contributed by atoms with Gasteiger partial charge in [-0.25, -0.2) is 0 Å². The normalized spacial score (nSPS) is 12.1. The van der Waals surface area contributed by atoms with Crippen LogP contribution in [0.2, 0.25) is 0 Å². The van der Waals surface area contributed by atoms with Gasteiger partial charge in [0, 0.05) is 27.2 Å². The van der Waals surface area contributed by atoms with E-state index < -0.39 is 0 Å². The van der Waals surface area contributed by atoms with Gasteiger partial charge in [0.15, 0.2) is 0 Å².